The van der Waals surface area contributed by atoms with Crippen molar-refractivity contribution in [1.29, 1.82) is 0 Å². The lowest BCUT2D eigenvalue weighted by Crippen LogP contribution is -2.26. The maximum absolute atomic E-state index is 14.7. The van der Waals surface area contributed by atoms with Gasteiger partial charge in [-0.2, -0.15) is 0 Å². The Morgan fingerprint density at radius 2 is 2.00 bits per heavy atom. The minimum Gasteiger partial charge on any atom is -0.326 e. The summed E-state index contributed by atoms with van der Waals surface area (Å²) in [5.41, 5.74) is 1.60. The minimum absolute atomic E-state index is 0.0141. The van der Waals surface area contributed by atoms with Crippen molar-refractivity contribution in [3.63, 3.8) is 0 Å². The fourth-order valence-electron chi connectivity index (χ4n) is 3.07. The van der Waals surface area contributed by atoms with Crippen LogP contribution < -0.4 is 10.9 Å². The number of hydrogen-bond acceptors (Lipinski definition) is 5. The van der Waals surface area contributed by atoms with Gasteiger partial charge in [-0.05, 0) is 42.0 Å². The van der Waals surface area contributed by atoms with Crippen LogP contribution in [-0.2, 0) is 11.2 Å². The molecule has 0 saturated carbocycles. The Bertz CT molecular complexity index is 1270. The predicted octanol–water partition coefficient (Wildman–Crippen LogP) is 2.86. The molecular formula is C21H16FN5O2. The van der Waals surface area contributed by atoms with E-state index in [4.69, 9.17) is 0 Å². The molecule has 144 valence electrons. The van der Waals surface area contributed by atoms with Gasteiger partial charge in [0, 0.05) is 37.6 Å². The first kappa shape index (κ1) is 18.4. The van der Waals surface area contributed by atoms with Crippen molar-refractivity contribution in [3.05, 3.63) is 88.5 Å². The van der Waals surface area contributed by atoms with Gasteiger partial charge in [0.25, 0.3) is 5.56 Å². The van der Waals surface area contributed by atoms with Crippen LogP contribution in [0, 0.1) is 5.82 Å². The molecule has 0 unspecified atom stereocenters. The molecule has 0 aliphatic rings. The highest BCUT2D eigenvalue weighted by Crippen LogP contribution is 2.21. The van der Waals surface area contributed by atoms with Crippen molar-refractivity contribution in [3.8, 4) is 5.69 Å². The summed E-state index contributed by atoms with van der Waals surface area (Å²) in [5, 5.41) is 2.60. The van der Waals surface area contributed by atoms with Crippen LogP contribution in [0.25, 0.3) is 16.9 Å². The van der Waals surface area contributed by atoms with E-state index in [1.165, 1.54) is 35.9 Å². The lowest BCUT2D eigenvalue weighted by molar-refractivity contribution is -0.114. The number of halogens is 1. The summed E-state index contributed by atoms with van der Waals surface area (Å²) in [4.78, 5) is 37.4. The van der Waals surface area contributed by atoms with Crippen molar-refractivity contribution < 1.29 is 9.18 Å². The Kier molecular flexibility index (Phi) is 4.82. The van der Waals surface area contributed by atoms with Crippen LogP contribution >= 0.6 is 0 Å². The first-order valence-corrected chi connectivity index (χ1v) is 8.86. The van der Waals surface area contributed by atoms with E-state index in [0.29, 0.717) is 11.2 Å². The van der Waals surface area contributed by atoms with Gasteiger partial charge in [0.15, 0.2) is 5.65 Å². The quantitative estimate of drug-likeness (QED) is 0.580. The molecule has 0 radical (unpaired) electrons. The van der Waals surface area contributed by atoms with Gasteiger partial charge in [0.1, 0.15) is 17.0 Å². The molecule has 0 fully saturated rings. The number of anilines is 1. The molecule has 1 aromatic carbocycles. The van der Waals surface area contributed by atoms with Crippen LogP contribution in [0.2, 0.25) is 0 Å². The molecule has 4 aromatic rings. The summed E-state index contributed by atoms with van der Waals surface area (Å²) in [5.74, 6) is -0.920. The molecule has 0 aliphatic heterocycles. The number of nitrogens with zero attached hydrogens (tertiary/aromatic N) is 4. The summed E-state index contributed by atoms with van der Waals surface area (Å²) in [6.07, 6.45) is 5.04. The number of aromatic nitrogens is 4. The Morgan fingerprint density at radius 1 is 1.17 bits per heavy atom. The minimum atomic E-state index is -0.619. The average Bonchev–Trinajstić information content (AvgIpc) is 2.71. The Labute approximate surface area is 164 Å². The number of hydrogen-bond donors (Lipinski definition) is 1. The van der Waals surface area contributed by atoms with E-state index < -0.39 is 11.4 Å². The van der Waals surface area contributed by atoms with Crippen molar-refractivity contribution in [1.82, 2.24) is 19.5 Å². The number of pyridine rings is 2. The van der Waals surface area contributed by atoms with Gasteiger partial charge >= 0.3 is 0 Å². The number of nitrogens with one attached hydrogen (secondary N) is 1. The van der Waals surface area contributed by atoms with E-state index in [0.717, 1.165) is 5.56 Å². The topological polar surface area (TPSA) is 89.8 Å². The molecule has 0 bridgehead atoms. The largest absolute Gasteiger partial charge is 0.326 e. The second-order valence-electron chi connectivity index (χ2n) is 6.43. The van der Waals surface area contributed by atoms with E-state index in [2.05, 4.69) is 20.3 Å². The third kappa shape index (κ3) is 3.73. The molecule has 4 rings (SSSR count). The molecule has 3 heterocycles. The lowest BCUT2D eigenvalue weighted by Gasteiger charge is -2.13. The highest BCUT2D eigenvalue weighted by atomic mass is 19.1. The number of carbonyl (C=O) groups is 1. The third-order valence-electron chi connectivity index (χ3n) is 4.29. The Balaban J connectivity index is 1.95. The highest BCUT2D eigenvalue weighted by Gasteiger charge is 2.17. The maximum atomic E-state index is 14.7. The van der Waals surface area contributed by atoms with Crippen molar-refractivity contribution in [2.75, 3.05) is 5.32 Å². The zero-order valence-corrected chi connectivity index (χ0v) is 15.5. The standard InChI is InChI=1S/C21H16FN5O2/c1-13(28)25-15-6-7-16(22)19(11-15)27-20-17(5-3-9-24-20)26-18(21(27)29)10-14-4-2-8-23-12-14/h2-9,11-12H,10H2,1H3,(H,25,28). The van der Waals surface area contributed by atoms with Crippen LogP contribution in [0.4, 0.5) is 10.1 Å². The first-order chi connectivity index (χ1) is 14.0. The molecule has 1 amide bonds. The molecule has 0 aliphatic carbocycles. The summed E-state index contributed by atoms with van der Waals surface area (Å²) in [6, 6.07) is 11.0. The van der Waals surface area contributed by atoms with Crippen molar-refractivity contribution in [2.24, 2.45) is 0 Å². The van der Waals surface area contributed by atoms with Gasteiger partial charge in [-0.1, -0.05) is 6.07 Å². The highest BCUT2D eigenvalue weighted by molar-refractivity contribution is 5.89. The Morgan fingerprint density at radius 3 is 2.76 bits per heavy atom. The van der Waals surface area contributed by atoms with Crippen LogP contribution in [0.3, 0.4) is 0 Å². The lowest BCUT2D eigenvalue weighted by atomic mass is 10.1. The second kappa shape index (κ2) is 7.59. The van der Waals surface area contributed by atoms with Gasteiger partial charge in [0.05, 0.1) is 5.69 Å². The maximum Gasteiger partial charge on any atom is 0.278 e. The fourth-order valence-corrected chi connectivity index (χ4v) is 3.07. The van der Waals surface area contributed by atoms with E-state index >= 15 is 0 Å². The summed E-state index contributed by atoms with van der Waals surface area (Å²) in [7, 11) is 0. The van der Waals surface area contributed by atoms with Gasteiger partial charge in [-0.3, -0.25) is 19.1 Å². The van der Waals surface area contributed by atoms with Crippen LogP contribution in [0.1, 0.15) is 18.2 Å². The third-order valence-corrected chi connectivity index (χ3v) is 4.29. The second-order valence-corrected chi connectivity index (χ2v) is 6.43. The van der Waals surface area contributed by atoms with Gasteiger partial charge in [0.2, 0.25) is 5.91 Å². The molecular weight excluding hydrogens is 373 g/mol. The molecule has 7 nitrogen and oxygen atoms in total. The Hall–Kier alpha value is -3.94. The number of rotatable bonds is 4. The van der Waals surface area contributed by atoms with E-state index in [1.807, 2.05) is 6.07 Å². The van der Waals surface area contributed by atoms with Gasteiger partial charge in [-0.25, -0.2) is 14.4 Å². The summed E-state index contributed by atoms with van der Waals surface area (Å²) < 4.78 is 15.9. The van der Waals surface area contributed by atoms with Crippen LogP contribution in [0.15, 0.2) is 65.8 Å². The van der Waals surface area contributed by atoms with Crippen LogP contribution in [-0.4, -0.2) is 25.4 Å². The molecule has 0 saturated heterocycles. The van der Waals surface area contributed by atoms with E-state index in [9.17, 15) is 14.0 Å². The van der Waals surface area contributed by atoms with E-state index in [1.54, 1.807) is 30.6 Å². The molecule has 0 atom stereocenters. The van der Waals surface area contributed by atoms with Gasteiger partial charge in [-0.15, -0.1) is 0 Å². The van der Waals surface area contributed by atoms with Gasteiger partial charge < -0.3 is 5.32 Å². The number of benzene rings is 1. The normalized spacial score (nSPS) is 10.8. The molecule has 1 N–H and O–H groups in total. The summed E-state index contributed by atoms with van der Waals surface area (Å²) in [6.45, 7) is 1.35. The number of fused-ring (bicyclic) bond motifs is 1. The fraction of sp³-hybridized carbons (Fsp3) is 0.0952. The summed E-state index contributed by atoms with van der Waals surface area (Å²) >= 11 is 0. The number of carbonyl (C=O) groups excluding carboxylic acids is 1. The molecule has 29 heavy (non-hydrogen) atoms. The molecule has 8 heteroatoms. The predicted molar refractivity (Wildman–Crippen MR) is 106 cm³/mol. The molecule has 3 aromatic heterocycles. The zero-order valence-electron chi connectivity index (χ0n) is 15.5. The number of amides is 1. The SMILES string of the molecule is CC(=O)Nc1ccc(F)c(-n2c(=O)c(Cc3cccnc3)nc3cccnc32)c1. The zero-order chi connectivity index (χ0) is 20.4. The van der Waals surface area contributed by atoms with Crippen molar-refractivity contribution in [2.45, 2.75) is 13.3 Å². The van der Waals surface area contributed by atoms with E-state index in [-0.39, 0.29) is 29.4 Å². The smallest absolute Gasteiger partial charge is 0.278 e. The van der Waals surface area contributed by atoms with Crippen LogP contribution in [0.5, 0.6) is 0 Å². The monoisotopic (exact) mass is 389 g/mol. The molecule has 0 spiro atoms. The average molecular weight is 389 g/mol. The first-order valence-electron chi connectivity index (χ1n) is 8.86. The van der Waals surface area contributed by atoms with Crippen molar-refractivity contribution >= 4 is 22.8 Å².